The van der Waals surface area contributed by atoms with Crippen molar-refractivity contribution in [2.24, 2.45) is 11.8 Å². The average molecular weight is 329 g/mol. The van der Waals surface area contributed by atoms with Gasteiger partial charge in [0.05, 0.1) is 0 Å². The highest BCUT2D eigenvalue weighted by Crippen LogP contribution is 2.44. The summed E-state index contributed by atoms with van der Waals surface area (Å²) in [7, 11) is 0. The molecule has 0 radical (unpaired) electrons. The zero-order valence-corrected chi connectivity index (χ0v) is 14.1. The largest absolute Gasteiger partial charge is 0.359 e. The molecule has 0 aromatic heterocycles. The maximum atomic E-state index is 11.9. The molecule has 2 N–H and O–H groups in total. The Morgan fingerprint density at radius 2 is 2.17 bits per heavy atom. The quantitative estimate of drug-likeness (QED) is 0.835. The Morgan fingerprint density at radius 1 is 1.26 bits per heavy atom. The van der Waals surface area contributed by atoms with Crippen molar-refractivity contribution < 1.29 is 4.79 Å². The van der Waals surface area contributed by atoms with Gasteiger partial charge in [0, 0.05) is 30.4 Å². The van der Waals surface area contributed by atoms with Gasteiger partial charge in [-0.1, -0.05) is 12.5 Å². The van der Waals surface area contributed by atoms with Crippen LogP contribution in [0.25, 0.3) is 0 Å². The van der Waals surface area contributed by atoms with Gasteiger partial charge in [0.25, 0.3) is 0 Å². The second-order valence-electron chi connectivity index (χ2n) is 7.08. The van der Waals surface area contributed by atoms with Crippen LogP contribution in [0.3, 0.4) is 0 Å². The normalized spacial score (nSPS) is 29.1. The van der Waals surface area contributed by atoms with E-state index in [1.807, 2.05) is 29.2 Å². The van der Waals surface area contributed by atoms with Crippen LogP contribution in [0.2, 0.25) is 0 Å². The lowest BCUT2D eigenvalue weighted by Gasteiger charge is -2.25. The second kappa shape index (κ2) is 6.11. The highest BCUT2D eigenvalue weighted by Gasteiger charge is 2.39. The molecule has 1 aromatic carbocycles. The molecule has 1 aromatic rings. The van der Waals surface area contributed by atoms with Gasteiger partial charge in [0.15, 0.2) is 5.11 Å². The SMILES string of the molecule is O=C1CCCN1c1cccc(NC(=S)N[C@H]2C[C@@H]3CC[C@@H]2C3)c1. The second-order valence-corrected chi connectivity index (χ2v) is 7.49. The van der Waals surface area contributed by atoms with Crippen LogP contribution < -0.4 is 15.5 Å². The molecule has 0 unspecified atom stereocenters. The summed E-state index contributed by atoms with van der Waals surface area (Å²) in [4.78, 5) is 13.7. The van der Waals surface area contributed by atoms with Crippen LogP contribution in [0, 0.1) is 11.8 Å². The Balaban J connectivity index is 1.38. The van der Waals surface area contributed by atoms with Gasteiger partial charge in [0.1, 0.15) is 0 Å². The van der Waals surface area contributed by atoms with Crippen LogP contribution in [0.4, 0.5) is 11.4 Å². The van der Waals surface area contributed by atoms with E-state index in [1.54, 1.807) is 0 Å². The van der Waals surface area contributed by atoms with Crippen molar-refractivity contribution in [1.82, 2.24) is 5.32 Å². The Morgan fingerprint density at radius 3 is 2.87 bits per heavy atom. The first-order valence-electron chi connectivity index (χ1n) is 8.67. The number of nitrogens with zero attached hydrogens (tertiary/aromatic N) is 1. The smallest absolute Gasteiger partial charge is 0.227 e. The standard InChI is InChI=1S/C18H23N3OS/c22-17-5-2-8-21(17)15-4-1-3-14(11-15)19-18(23)20-16-10-12-6-7-13(16)9-12/h1,3-4,11-13,16H,2,5-10H2,(H2,19,20,23)/t12-,13-,16+/m1/s1. The van der Waals surface area contributed by atoms with Crippen molar-refractivity contribution in [1.29, 1.82) is 0 Å². The molecule has 0 spiro atoms. The maximum Gasteiger partial charge on any atom is 0.227 e. The fraction of sp³-hybridized carbons (Fsp3) is 0.556. The van der Waals surface area contributed by atoms with Gasteiger partial charge < -0.3 is 15.5 Å². The van der Waals surface area contributed by atoms with Crippen molar-refractivity contribution in [3.63, 3.8) is 0 Å². The summed E-state index contributed by atoms with van der Waals surface area (Å²) in [5.41, 5.74) is 1.91. The molecule has 3 fully saturated rings. The van der Waals surface area contributed by atoms with Crippen molar-refractivity contribution in [3.05, 3.63) is 24.3 Å². The van der Waals surface area contributed by atoms with E-state index < -0.39 is 0 Å². The first-order valence-corrected chi connectivity index (χ1v) is 9.08. The molecule has 23 heavy (non-hydrogen) atoms. The molecule has 2 bridgehead atoms. The molecule has 1 heterocycles. The van der Waals surface area contributed by atoms with E-state index in [4.69, 9.17) is 12.2 Å². The van der Waals surface area contributed by atoms with Crippen LogP contribution in [0.5, 0.6) is 0 Å². The monoisotopic (exact) mass is 329 g/mol. The van der Waals surface area contributed by atoms with Crippen LogP contribution in [0.1, 0.15) is 38.5 Å². The summed E-state index contributed by atoms with van der Waals surface area (Å²) in [6.45, 7) is 0.816. The minimum Gasteiger partial charge on any atom is -0.359 e. The number of benzene rings is 1. The van der Waals surface area contributed by atoms with Gasteiger partial charge in [-0.15, -0.1) is 0 Å². The molecule has 1 saturated heterocycles. The summed E-state index contributed by atoms with van der Waals surface area (Å²) in [6, 6.07) is 8.51. The van der Waals surface area contributed by atoms with E-state index >= 15 is 0 Å². The zero-order valence-electron chi connectivity index (χ0n) is 13.3. The minimum atomic E-state index is 0.213. The van der Waals surface area contributed by atoms with Crippen LogP contribution in [0.15, 0.2) is 24.3 Å². The highest BCUT2D eigenvalue weighted by molar-refractivity contribution is 7.80. The topological polar surface area (TPSA) is 44.4 Å². The van der Waals surface area contributed by atoms with Gasteiger partial charge in [-0.3, -0.25) is 4.79 Å². The van der Waals surface area contributed by atoms with E-state index in [2.05, 4.69) is 10.6 Å². The Hall–Kier alpha value is -1.62. The fourth-order valence-electron chi connectivity index (χ4n) is 4.43. The number of anilines is 2. The lowest BCUT2D eigenvalue weighted by molar-refractivity contribution is -0.117. The lowest BCUT2D eigenvalue weighted by atomic mass is 9.96. The average Bonchev–Trinajstić information content (AvgIpc) is 3.24. The van der Waals surface area contributed by atoms with Crippen LogP contribution in [-0.4, -0.2) is 23.6 Å². The number of fused-ring (bicyclic) bond motifs is 2. The Kier molecular flexibility index (Phi) is 3.97. The van der Waals surface area contributed by atoms with E-state index in [-0.39, 0.29) is 5.91 Å². The molecule has 4 nitrogen and oxygen atoms in total. The van der Waals surface area contributed by atoms with Gasteiger partial charge in [-0.2, -0.15) is 0 Å². The molecule has 3 atom stereocenters. The number of hydrogen-bond donors (Lipinski definition) is 2. The molecule has 5 heteroatoms. The molecule has 1 aliphatic heterocycles. The Bertz CT molecular complexity index is 632. The number of thiocarbonyl (C=S) groups is 1. The summed E-state index contributed by atoms with van der Waals surface area (Å²) in [5, 5.41) is 7.49. The van der Waals surface area contributed by atoms with E-state index in [1.165, 1.54) is 25.7 Å². The summed E-state index contributed by atoms with van der Waals surface area (Å²) in [6.07, 6.45) is 6.97. The third-order valence-electron chi connectivity index (χ3n) is 5.54. The van der Waals surface area contributed by atoms with Crippen molar-refractivity contribution in [2.75, 3.05) is 16.8 Å². The number of hydrogen-bond acceptors (Lipinski definition) is 2. The van der Waals surface area contributed by atoms with Crippen molar-refractivity contribution >= 4 is 34.6 Å². The van der Waals surface area contributed by atoms with Crippen molar-refractivity contribution in [3.8, 4) is 0 Å². The van der Waals surface area contributed by atoms with Gasteiger partial charge in [-0.05, 0) is 67.9 Å². The number of amides is 1. The molecular weight excluding hydrogens is 306 g/mol. The minimum absolute atomic E-state index is 0.213. The first-order chi connectivity index (χ1) is 11.2. The van der Waals surface area contributed by atoms with E-state index in [0.717, 1.165) is 36.2 Å². The van der Waals surface area contributed by atoms with Crippen molar-refractivity contribution in [2.45, 2.75) is 44.6 Å². The molecule has 122 valence electrons. The summed E-state index contributed by atoms with van der Waals surface area (Å²) >= 11 is 5.49. The molecule has 1 amide bonds. The predicted octanol–water partition coefficient (Wildman–Crippen LogP) is 3.29. The number of carbonyl (C=O) groups is 1. The van der Waals surface area contributed by atoms with Crippen LogP contribution >= 0.6 is 12.2 Å². The Labute approximate surface area is 142 Å². The number of rotatable bonds is 3. The van der Waals surface area contributed by atoms with Gasteiger partial charge >= 0.3 is 0 Å². The lowest BCUT2D eigenvalue weighted by Crippen LogP contribution is -2.40. The molecule has 2 aliphatic carbocycles. The first kappa shape index (κ1) is 14.9. The third kappa shape index (κ3) is 3.07. The third-order valence-corrected chi connectivity index (χ3v) is 5.76. The van der Waals surface area contributed by atoms with E-state index in [9.17, 15) is 4.79 Å². The summed E-state index contributed by atoms with van der Waals surface area (Å²) < 4.78 is 0. The molecule has 4 rings (SSSR count). The fourth-order valence-corrected chi connectivity index (χ4v) is 4.70. The zero-order chi connectivity index (χ0) is 15.8. The highest BCUT2D eigenvalue weighted by atomic mass is 32.1. The molecular formula is C18H23N3OS. The molecule has 2 saturated carbocycles. The van der Waals surface area contributed by atoms with Gasteiger partial charge in [0.2, 0.25) is 5.91 Å². The van der Waals surface area contributed by atoms with Gasteiger partial charge in [-0.25, -0.2) is 0 Å². The maximum absolute atomic E-state index is 11.9. The predicted molar refractivity (Wildman–Crippen MR) is 96.6 cm³/mol. The summed E-state index contributed by atoms with van der Waals surface area (Å²) in [5.74, 6) is 1.92. The molecule has 3 aliphatic rings. The number of carbonyl (C=O) groups excluding carboxylic acids is 1. The van der Waals surface area contributed by atoms with Crippen LogP contribution in [-0.2, 0) is 4.79 Å². The van der Waals surface area contributed by atoms with E-state index in [0.29, 0.717) is 17.6 Å². The number of nitrogens with one attached hydrogen (secondary N) is 2.